The minimum absolute atomic E-state index is 0.0622. The number of unbranched alkanes of at least 4 members (excludes halogenated alkanes) is 2. The van der Waals surface area contributed by atoms with Crippen molar-refractivity contribution in [2.24, 2.45) is 16.7 Å². The maximum Gasteiger partial charge on any atom is 0.407 e. The molecule has 0 aliphatic rings. The number of hydrogen-bond acceptors (Lipinski definition) is 4. The van der Waals surface area contributed by atoms with Crippen molar-refractivity contribution >= 4 is 12.2 Å². The molecule has 0 aliphatic carbocycles. The third kappa shape index (κ3) is 20.7. The summed E-state index contributed by atoms with van der Waals surface area (Å²) >= 11 is 0. The first-order chi connectivity index (χ1) is 16.3. The Kier molecular flexibility index (Phi) is 15.1. The van der Waals surface area contributed by atoms with Gasteiger partial charge in [0.1, 0.15) is 11.2 Å². The molecule has 0 heterocycles. The quantitative estimate of drug-likeness (QED) is 0.203. The lowest BCUT2D eigenvalue weighted by molar-refractivity contribution is 0.0498. The molecule has 0 radical (unpaired) electrons. The Morgan fingerprint density at radius 2 is 1.17 bits per heavy atom. The molecule has 1 atom stereocenters. The Balaban J connectivity index is 4.09. The minimum atomic E-state index is -0.463. The zero-order valence-electron chi connectivity index (χ0n) is 25.7. The summed E-state index contributed by atoms with van der Waals surface area (Å²) in [5, 5.41) is 5.80. The first kappa shape index (κ1) is 34.5. The van der Waals surface area contributed by atoms with Gasteiger partial charge in [0.2, 0.25) is 0 Å². The third-order valence-electron chi connectivity index (χ3n) is 6.58. The van der Waals surface area contributed by atoms with Crippen molar-refractivity contribution in [3.05, 3.63) is 0 Å². The summed E-state index contributed by atoms with van der Waals surface area (Å²) in [6.45, 7) is 24.0. The Morgan fingerprint density at radius 3 is 1.69 bits per heavy atom. The molecule has 0 rings (SSSR count). The molecule has 6 nitrogen and oxygen atoms in total. The third-order valence-corrected chi connectivity index (χ3v) is 6.58. The van der Waals surface area contributed by atoms with Crippen LogP contribution in [-0.4, -0.2) is 36.5 Å². The van der Waals surface area contributed by atoms with E-state index in [2.05, 4.69) is 45.3 Å². The predicted octanol–water partition coefficient (Wildman–Crippen LogP) is 8.63. The van der Waals surface area contributed by atoms with Gasteiger partial charge in [-0.2, -0.15) is 0 Å². The molecule has 0 aromatic heterocycles. The second-order valence-electron chi connectivity index (χ2n) is 14.1. The maximum atomic E-state index is 12.0. The second kappa shape index (κ2) is 15.7. The maximum absolute atomic E-state index is 12.0. The molecule has 0 aromatic rings. The topological polar surface area (TPSA) is 76.7 Å². The average Bonchev–Trinajstić information content (AvgIpc) is 2.69. The van der Waals surface area contributed by atoms with Crippen molar-refractivity contribution in [2.75, 3.05) is 13.1 Å². The number of nitrogens with one attached hydrogen (secondary N) is 2. The molecular formula is C30H60N2O4. The first-order valence-corrected chi connectivity index (χ1v) is 14.3. The fraction of sp³-hybridized carbons (Fsp3) is 0.933. The normalized spacial score (nSPS) is 13.8. The van der Waals surface area contributed by atoms with Gasteiger partial charge in [-0.15, -0.1) is 0 Å². The van der Waals surface area contributed by atoms with Crippen LogP contribution in [0, 0.1) is 16.7 Å². The molecule has 214 valence electrons. The van der Waals surface area contributed by atoms with Gasteiger partial charge in [-0.3, -0.25) is 0 Å². The largest absolute Gasteiger partial charge is 0.444 e. The van der Waals surface area contributed by atoms with E-state index in [1.54, 1.807) is 0 Å². The summed E-state index contributed by atoms with van der Waals surface area (Å²) in [4.78, 5) is 23.7. The fourth-order valence-corrected chi connectivity index (χ4v) is 4.27. The van der Waals surface area contributed by atoms with E-state index in [0.29, 0.717) is 18.5 Å². The Bertz CT molecular complexity index is 630. The Morgan fingerprint density at radius 1 is 0.639 bits per heavy atom. The number of hydrogen-bond donors (Lipinski definition) is 2. The summed E-state index contributed by atoms with van der Waals surface area (Å²) in [7, 11) is 0. The molecule has 0 bridgehead atoms. The highest BCUT2D eigenvalue weighted by atomic mass is 16.6. The molecule has 1 unspecified atom stereocenters. The predicted molar refractivity (Wildman–Crippen MR) is 151 cm³/mol. The van der Waals surface area contributed by atoms with Crippen molar-refractivity contribution in [3.63, 3.8) is 0 Å². The van der Waals surface area contributed by atoms with Crippen LogP contribution in [0.1, 0.15) is 140 Å². The van der Waals surface area contributed by atoms with Crippen LogP contribution in [-0.2, 0) is 9.47 Å². The van der Waals surface area contributed by atoms with E-state index < -0.39 is 11.2 Å². The standard InChI is InChI=1S/C30H60N2O4/c1-12-24(18-21-30(10,11)23-32-26(34)36-28(5,6)7)17-14-13-15-19-29(8,9)20-16-22-31-25(33)35-27(2,3)4/h24H,12-23H2,1-11H3,(H,31,33)(H,32,34). The Labute approximate surface area is 223 Å². The molecule has 0 saturated heterocycles. The number of alkyl carbamates (subject to hydrolysis) is 2. The van der Waals surface area contributed by atoms with Crippen molar-refractivity contribution in [3.8, 4) is 0 Å². The SMILES string of the molecule is CCC(CCCCCC(C)(C)CCCNC(=O)OC(C)(C)C)CCC(C)(C)CNC(=O)OC(C)(C)C. The monoisotopic (exact) mass is 512 g/mol. The summed E-state index contributed by atoms with van der Waals surface area (Å²) < 4.78 is 10.7. The molecule has 36 heavy (non-hydrogen) atoms. The number of rotatable bonds is 16. The van der Waals surface area contributed by atoms with E-state index in [1.807, 2.05) is 41.5 Å². The number of carbonyl (C=O) groups is 2. The van der Waals surface area contributed by atoms with Crippen LogP contribution in [0.5, 0.6) is 0 Å². The van der Waals surface area contributed by atoms with Crippen molar-refractivity contribution < 1.29 is 19.1 Å². The number of ether oxygens (including phenoxy) is 2. The van der Waals surface area contributed by atoms with Crippen molar-refractivity contribution in [1.29, 1.82) is 0 Å². The highest BCUT2D eigenvalue weighted by Crippen LogP contribution is 2.31. The number of carbonyl (C=O) groups excluding carboxylic acids is 2. The molecule has 6 heteroatoms. The van der Waals surface area contributed by atoms with Crippen molar-refractivity contribution in [2.45, 2.75) is 152 Å². The van der Waals surface area contributed by atoms with E-state index in [1.165, 1.54) is 44.9 Å². The summed E-state index contributed by atoms with van der Waals surface area (Å²) in [5.41, 5.74) is -0.553. The lowest BCUT2D eigenvalue weighted by atomic mass is 9.81. The van der Waals surface area contributed by atoms with E-state index in [4.69, 9.17) is 9.47 Å². The molecule has 2 amide bonds. The number of amides is 2. The van der Waals surface area contributed by atoms with Crippen LogP contribution in [0.25, 0.3) is 0 Å². The molecule has 0 spiro atoms. The molecule has 0 aromatic carbocycles. The molecule has 0 fully saturated rings. The van der Waals surface area contributed by atoms with Gasteiger partial charge in [0.15, 0.2) is 0 Å². The smallest absolute Gasteiger partial charge is 0.407 e. The van der Waals surface area contributed by atoms with Crippen LogP contribution in [0.2, 0.25) is 0 Å². The van der Waals surface area contributed by atoms with E-state index >= 15 is 0 Å². The molecule has 0 aliphatic heterocycles. The summed E-state index contributed by atoms with van der Waals surface area (Å²) in [6, 6.07) is 0. The zero-order valence-corrected chi connectivity index (χ0v) is 25.7. The minimum Gasteiger partial charge on any atom is -0.444 e. The van der Waals surface area contributed by atoms with Crippen molar-refractivity contribution in [1.82, 2.24) is 10.6 Å². The van der Waals surface area contributed by atoms with Gasteiger partial charge < -0.3 is 20.1 Å². The highest BCUT2D eigenvalue weighted by molar-refractivity contribution is 5.68. The second-order valence-corrected chi connectivity index (χ2v) is 14.1. The van der Waals surface area contributed by atoms with Gasteiger partial charge in [0.05, 0.1) is 0 Å². The van der Waals surface area contributed by atoms with Gasteiger partial charge in [-0.05, 0) is 90.4 Å². The van der Waals surface area contributed by atoms with Crippen LogP contribution in [0.4, 0.5) is 9.59 Å². The van der Waals surface area contributed by atoms with Gasteiger partial charge in [-0.25, -0.2) is 9.59 Å². The van der Waals surface area contributed by atoms with Gasteiger partial charge in [0, 0.05) is 13.1 Å². The van der Waals surface area contributed by atoms with Crippen LogP contribution in [0.15, 0.2) is 0 Å². The van der Waals surface area contributed by atoms with E-state index in [-0.39, 0.29) is 17.6 Å². The van der Waals surface area contributed by atoms with Crippen LogP contribution in [0.3, 0.4) is 0 Å². The average molecular weight is 513 g/mol. The van der Waals surface area contributed by atoms with E-state index in [0.717, 1.165) is 25.2 Å². The lowest BCUT2D eigenvalue weighted by Gasteiger charge is -2.28. The highest BCUT2D eigenvalue weighted by Gasteiger charge is 2.23. The van der Waals surface area contributed by atoms with Crippen LogP contribution >= 0.6 is 0 Å². The van der Waals surface area contributed by atoms with Crippen LogP contribution < -0.4 is 10.6 Å². The van der Waals surface area contributed by atoms with Gasteiger partial charge in [-0.1, -0.05) is 66.7 Å². The molecule has 0 saturated carbocycles. The molecular weight excluding hydrogens is 452 g/mol. The van der Waals surface area contributed by atoms with Gasteiger partial charge in [0.25, 0.3) is 0 Å². The fourth-order valence-electron chi connectivity index (χ4n) is 4.27. The summed E-state index contributed by atoms with van der Waals surface area (Å²) in [5.74, 6) is 0.748. The zero-order chi connectivity index (χ0) is 28.0. The lowest BCUT2D eigenvalue weighted by Crippen LogP contribution is -2.38. The first-order valence-electron chi connectivity index (χ1n) is 14.3. The Hall–Kier alpha value is -1.46. The van der Waals surface area contributed by atoms with Gasteiger partial charge >= 0.3 is 12.2 Å². The molecule has 2 N–H and O–H groups in total. The van der Waals surface area contributed by atoms with E-state index in [9.17, 15) is 9.59 Å². The summed E-state index contributed by atoms with van der Waals surface area (Å²) in [6.07, 6.45) is 11.3.